The summed E-state index contributed by atoms with van der Waals surface area (Å²) in [6.07, 6.45) is 6.39. The van der Waals surface area contributed by atoms with Gasteiger partial charge in [0, 0.05) is 48.8 Å². The van der Waals surface area contributed by atoms with Crippen LogP contribution in [-0.2, 0) is 16.1 Å². The molecule has 3 aliphatic rings. The molecule has 0 bridgehead atoms. The zero-order chi connectivity index (χ0) is 22.0. The lowest BCUT2D eigenvalue weighted by atomic mass is 10.0. The molecule has 1 aromatic carbocycles. The van der Waals surface area contributed by atoms with E-state index >= 15 is 0 Å². The third-order valence-electron chi connectivity index (χ3n) is 7.21. The smallest absolute Gasteiger partial charge is 0.241 e. The Labute approximate surface area is 190 Å². The van der Waals surface area contributed by atoms with E-state index in [1.165, 1.54) is 12.8 Å². The van der Waals surface area contributed by atoms with Gasteiger partial charge < -0.3 is 15.5 Å². The first-order valence-electron chi connectivity index (χ1n) is 11.8. The Morgan fingerprint density at radius 1 is 1.16 bits per heavy atom. The van der Waals surface area contributed by atoms with Crippen LogP contribution in [0.4, 0.5) is 5.69 Å². The topological polar surface area (TPSA) is 64.7 Å². The molecule has 31 heavy (non-hydrogen) atoms. The summed E-state index contributed by atoms with van der Waals surface area (Å²) in [7, 11) is 0. The maximum atomic E-state index is 12.9. The van der Waals surface area contributed by atoms with E-state index in [1.54, 1.807) is 0 Å². The number of nitrogens with one attached hydrogen (secondary N) is 2. The predicted molar refractivity (Wildman–Crippen MR) is 124 cm³/mol. The fraction of sp³-hybridized carbons (Fsp3) is 0.667. The summed E-state index contributed by atoms with van der Waals surface area (Å²) >= 11 is 6.41. The van der Waals surface area contributed by atoms with Crippen molar-refractivity contribution in [3.8, 4) is 0 Å². The monoisotopic (exact) mass is 446 g/mol. The molecule has 1 saturated carbocycles. The molecule has 1 aromatic rings. The lowest BCUT2D eigenvalue weighted by Crippen LogP contribution is -2.54. The van der Waals surface area contributed by atoms with Crippen molar-refractivity contribution in [1.82, 2.24) is 15.1 Å². The Morgan fingerprint density at radius 2 is 1.94 bits per heavy atom. The number of rotatable bonds is 5. The number of anilines is 1. The summed E-state index contributed by atoms with van der Waals surface area (Å²) in [5.74, 6) is 0.611. The standard InChI is InChI=1S/C24H35ClN4O2/c1-16-14-28(10-11-29(16)24(31)18-6-3-4-7-18)15-19-12-20(25)13-22(17(19)2)27-23(30)21-8-5-9-26-21/h12-13,16,18,21,26H,3-11,14-15H2,1-2H3,(H,27,30)/t16-,21-/m0/s1. The van der Waals surface area contributed by atoms with Crippen molar-refractivity contribution in [2.24, 2.45) is 5.92 Å². The van der Waals surface area contributed by atoms with Crippen molar-refractivity contribution in [1.29, 1.82) is 0 Å². The summed E-state index contributed by atoms with van der Waals surface area (Å²) in [6, 6.07) is 3.94. The van der Waals surface area contributed by atoms with Crippen LogP contribution in [0.15, 0.2) is 12.1 Å². The highest BCUT2D eigenvalue weighted by molar-refractivity contribution is 6.31. The fourth-order valence-corrected chi connectivity index (χ4v) is 5.55. The third-order valence-corrected chi connectivity index (χ3v) is 7.43. The number of amides is 2. The molecule has 2 saturated heterocycles. The van der Waals surface area contributed by atoms with Gasteiger partial charge in [-0.15, -0.1) is 0 Å². The minimum atomic E-state index is -0.117. The van der Waals surface area contributed by atoms with Gasteiger partial charge in [0.05, 0.1) is 6.04 Å². The van der Waals surface area contributed by atoms with Crippen LogP contribution >= 0.6 is 11.6 Å². The van der Waals surface area contributed by atoms with Crippen LogP contribution < -0.4 is 10.6 Å². The van der Waals surface area contributed by atoms with E-state index in [9.17, 15) is 9.59 Å². The molecule has 0 radical (unpaired) electrons. The van der Waals surface area contributed by atoms with Crippen LogP contribution in [0, 0.1) is 12.8 Å². The molecule has 4 rings (SSSR count). The highest BCUT2D eigenvalue weighted by Gasteiger charge is 2.33. The van der Waals surface area contributed by atoms with Crippen molar-refractivity contribution in [3.05, 3.63) is 28.3 Å². The molecule has 2 atom stereocenters. The average Bonchev–Trinajstić information content (AvgIpc) is 3.45. The van der Waals surface area contributed by atoms with Gasteiger partial charge >= 0.3 is 0 Å². The molecule has 3 fully saturated rings. The van der Waals surface area contributed by atoms with Gasteiger partial charge in [0.1, 0.15) is 0 Å². The lowest BCUT2D eigenvalue weighted by molar-refractivity contribution is -0.140. The first-order valence-corrected chi connectivity index (χ1v) is 12.2. The number of carbonyl (C=O) groups is 2. The second kappa shape index (κ2) is 9.88. The number of nitrogens with zero attached hydrogens (tertiary/aromatic N) is 2. The molecule has 0 spiro atoms. The summed E-state index contributed by atoms with van der Waals surface area (Å²) in [6.45, 7) is 8.38. The molecule has 1 aliphatic carbocycles. The Hall–Kier alpha value is -1.63. The summed E-state index contributed by atoms with van der Waals surface area (Å²) in [4.78, 5) is 29.9. The van der Waals surface area contributed by atoms with Crippen LogP contribution in [0.5, 0.6) is 0 Å². The van der Waals surface area contributed by atoms with Gasteiger partial charge in [0.25, 0.3) is 0 Å². The Balaban J connectivity index is 1.39. The zero-order valence-electron chi connectivity index (χ0n) is 18.8. The van der Waals surface area contributed by atoms with E-state index in [0.29, 0.717) is 10.9 Å². The third kappa shape index (κ3) is 5.24. The molecule has 0 aromatic heterocycles. The molecule has 2 aliphatic heterocycles. The van der Waals surface area contributed by atoms with Gasteiger partial charge in [-0.2, -0.15) is 0 Å². The van der Waals surface area contributed by atoms with Crippen LogP contribution in [0.1, 0.15) is 56.6 Å². The van der Waals surface area contributed by atoms with Crippen LogP contribution in [-0.4, -0.2) is 59.9 Å². The number of carbonyl (C=O) groups excluding carboxylic acids is 2. The number of hydrogen-bond donors (Lipinski definition) is 2. The SMILES string of the molecule is Cc1c(CN2CCN(C(=O)C3CCCC3)[C@@H](C)C2)cc(Cl)cc1NC(=O)[C@@H]1CCCN1. The van der Waals surface area contributed by atoms with Crippen molar-refractivity contribution in [3.63, 3.8) is 0 Å². The van der Waals surface area contributed by atoms with Crippen molar-refractivity contribution in [2.45, 2.75) is 71.0 Å². The van der Waals surface area contributed by atoms with Crippen molar-refractivity contribution >= 4 is 29.1 Å². The Bertz CT molecular complexity index is 818. The van der Waals surface area contributed by atoms with E-state index < -0.39 is 0 Å². The maximum absolute atomic E-state index is 12.9. The largest absolute Gasteiger partial charge is 0.337 e. The minimum absolute atomic E-state index is 0.0153. The normalized spacial score (nSPS) is 25.2. The van der Waals surface area contributed by atoms with E-state index in [0.717, 1.165) is 75.2 Å². The second-order valence-electron chi connectivity index (χ2n) is 9.47. The second-order valence-corrected chi connectivity index (χ2v) is 9.91. The molecule has 170 valence electrons. The lowest BCUT2D eigenvalue weighted by Gasteiger charge is -2.41. The van der Waals surface area contributed by atoms with Gasteiger partial charge in [-0.1, -0.05) is 24.4 Å². The minimum Gasteiger partial charge on any atom is -0.337 e. The van der Waals surface area contributed by atoms with Crippen LogP contribution in [0.2, 0.25) is 5.02 Å². The first-order chi connectivity index (χ1) is 14.9. The van der Waals surface area contributed by atoms with E-state index in [2.05, 4.69) is 27.4 Å². The number of piperazine rings is 1. The molecular formula is C24H35ClN4O2. The fourth-order valence-electron chi connectivity index (χ4n) is 5.31. The molecule has 2 heterocycles. The Kier molecular flexibility index (Phi) is 7.19. The summed E-state index contributed by atoms with van der Waals surface area (Å²) in [5.41, 5.74) is 2.99. The summed E-state index contributed by atoms with van der Waals surface area (Å²) < 4.78 is 0. The number of hydrogen-bond acceptors (Lipinski definition) is 4. The highest BCUT2D eigenvalue weighted by Crippen LogP contribution is 2.30. The van der Waals surface area contributed by atoms with Gasteiger partial charge in [0.2, 0.25) is 11.8 Å². The molecule has 6 nitrogen and oxygen atoms in total. The molecular weight excluding hydrogens is 412 g/mol. The van der Waals surface area contributed by atoms with E-state index in [-0.39, 0.29) is 23.9 Å². The maximum Gasteiger partial charge on any atom is 0.241 e. The van der Waals surface area contributed by atoms with Gasteiger partial charge in [-0.3, -0.25) is 14.5 Å². The van der Waals surface area contributed by atoms with E-state index in [1.807, 2.05) is 19.1 Å². The van der Waals surface area contributed by atoms with Gasteiger partial charge in [-0.25, -0.2) is 0 Å². The number of benzene rings is 1. The molecule has 0 unspecified atom stereocenters. The number of halogens is 1. The van der Waals surface area contributed by atoms with E-state index in [4.69, 9.17) is 11.6 Å². The summed E-state index contributed by atoms with van der Waals surface area (Å²) in [5, 5.41) is 6.96. The van der Waals surface area contributed by atoms with Crippen molar-refractivity contribution < 1.29 is 9.59 Å². The van der Waals surface area contributed by atoms with Crippen LogP contribution in [0.25, 0.3) is 0 Å². The highest BCUT2D eigenvalue weighted by atomic mass is 35.5. The van der Waals surface area contributed by atoms with Crippen LogP contribution in [0.3, 0.4) is 0 Å². The molecule has 7 heteroatoms. The molecule has 2 N–H and O–H groups in total. The van der Waals surface area contributed by atoms with Crippen molar-refractivity contribution in [2.75, 3.05) is 31.5 Å². The first kappa shape index (κ1) is 22.6. The Morgan fingerprint density at radius 3 is 2.61 bits per heavy atom. The van der Waals surface area contributed by atoms with Gasteiger partial charge in [0.15, 0.2) is 0 Å². The molecule has 2 amide bonds. The van der Waals surface area contributed by atoms with Gasteiger partial charge in [-0.05, 0) is 69.3 Å². The predicted octanol–water partition coefficient (Wildman–Crippen LogP) is 3.56. The zero-order valence-corrected chi connectivity index (χ0v) is 19.5. The quantitative estimate of drug-likeness (QED) is 0.725. The average molecular weight is 447 g/mol.